The predicted molar refractivity (Wildman–Crippen MR) is 70.4 cm³/mol. The first-order valence-corrected chi connectivity index (χ1v) is 7.43. The van der Waals surface area contributed by atoms with Crippen LogP contribution in [0.3, 0.4) is 0 Å². The van der Waals surface area contributed by atoms with Crippen LogP contribution in [0.25, 0.3) is 0 Å². The van der Waals surface area contributed by atoms with Crippen LogP contribution in [0.4, 0.5) is 0 Å². The van der Waals surface area contributed by atoms with E-state index in [1.54, 1.807) is 0 Å². The second-order valence-corrected chi connectivity index (χ2v) is 5.87. The highest BCUT2D eigenvalue weighted by Gasteiger charge is 2.05. The molecule has 0 atom stereocenters. The van der Waals surface area contributed by atoms with Gasteiger partial charge in [-0.15, -0.1) is 0 Å². The van der Waals surface area contributed by atoms with E-state index >= 15 is 0 Å². The van der Waals surface area contributed by atoms with Crippen molar-refractivity contribution < 1.29 is 8.42 Å². The van der Waals surface area contributed by atoms with Gasteiger partial charge in [0.05, 0.1) is 5.75 Å². The third kappa shape index (κ3) is 4.85. The van der Waals surface area contributed by atoms with Gasteiger partial charge in [0.25, 0.3) is 0 Å². The van der Waals surface area contributed by atoms with Gasteiger partial charge in [-0.1, -0.05) is 31.2 Å². The highest BCUT2D eigenvalue weighted by Crippen LogP contribution is 2.08. The van der Waals surface area contributed by atoms with Gasteiger partial charge in [0, 0.05) is 13.1 Å². The van der Waals surface area contributed by atoms with Crippen molar-refractivity contribution >= 4 is 10.0 Å². The average molecular weight is 256 g/mol. The summed E-state index contributed by atoms with van der Waals surface area (Å²) in [7, 11) is -1.67. The summed E-state index contributed by atoms with van der Waals surface area (Å²) in [6.07, 6.45) is 0.993. The molecular formula is C12H20N2O2S. The zero-order valence-corrected chi connectivity index (χ0v) is 11.2. The van der Waals surface area contributed by atoms with Crippen molar-refractivity contribution in [1.29, 1.82) is 0 Å². The third-order valence-electron chi connectivity index (χ3n) is 2.67. The van der Waals surface area contributed by atoms with Gasteiger partial charge in [-0.2, -0.15) is 0 Å². The van der Waals surface area contributed by atoms with E-state index in [1.165, 1.54) is 18.2 Å². The summed E-state index contributed by atoms with van der Waals surface area (Å²) in [5.74, 6) is 0.109. The Kier molecular flexibility index (Phi) is 5.61. The fraction of sp³-hybridized carbons (Fsp3) is 0.500. The number of hydrogen-bond acceptors (Lipinski definition) is 3. The average Bonchev–Trinajstić information content (AvgIpc) is 2.35. The van der Waals surface area contributed by atoms with E-state index in [-0.39, 0.29) is 5.75 Å². The van der Waals surface area contributed by atoms with Crippen molar-refractivity contribution in [2.75, 3.05) is 19.3 Å². The van der Waals surface area contributed by atoms with Gasteiger partial charge in [0.2, 0.25) is 10.0 Å². The number of aryl methyl sites for hydroxylation is 1. The molecule has 0 aliphatic carbocycles. The van der Waals surface area contributed by atoms with Gasteiger partial charge in [-0.05, 0) is 24.6 Å². The first kappa shape index (κ1) is 14.2. The maximum absolute atomic E-state index is 11.2. The minimum atomic E-state index is -3.10. The van der Waals surface area contributed by atoms with Gasteiger partial charge >= 0.3 is 0 Å². The topological polar surface area (TPSA) is 58.2 Å². The van der Waals surface area contributed by atoms with Crippen LogP contribution in [0.2, 0.25) is 0 Å². The van der Waals surface area contributed by atoms with Crippen LogP contribution in [0, 0.1) is 0 Å². The van der Waals surface area contributed by atoms with Gasteiger partial charge < -0.3 is 5.32 Å². The van der Waals surface area contributed by atoms with E-state index in [1.807, 2.05) is 12.1 Å². The number of rotatable bonds is 7. The van der Waals surface area contributed by atoms with Crippen LogP contribution >= 0.6 is 0 Å². The normalized spacial score (nSPS) is 11.6. The summed E-state index contributed by atoms with van der Waals surface area (Å²) in [6.45, 7) is 3.29. The maximum Gasteiger partial charge on any atom is 0.212 e. The van der Waals surface area contributed by atoms with Crippen molar-refractivity contribution in [3.63, 3.8) is 0 Å². The number of hydrogen-bond donors (Lipinski definition) is 2. The van der Waals surface area contributed by atoms with Gasteiger partial charge in [-0.25, -0.2) is 13.1 Å². The van der Waals surface area contributed by atoms with Crippen molar-refractivity contribution in [3.8, 4) is 0 Å². The van der Waals surface area contributed by atoms with Crippen molar-refractivity contribution in [3.05, 3.63) is 35.4 Å². The van der Waals surface area contributed by atoms with Crippen LogP contribution in [-0.2, 0) is 23.0 Å². The summed E-state index contributed by atoms with van der Waals surface area (Å²) < 4.78 is 24.7. The summed E-state index contributed by atoms with van der Waals surface area (Å²) in [4.78, 5) is 0. The predicted octanol–water partition coefficient (Wildman–Crippen LogP) is 0.888. The fourth-order valence-electron chi connectivity index (χ4n) is 1.61. The molecule has 0 aromatic heterocycles. The monoisotopic (exact) mass is 256 g/mol. The molecule has 0 fully saturated rings. The van der Waals surface area contributed by atoms with Crippen LogP contribution in [0.1, 0.15) is 18.1 Å². The first-order valence-electron chi connectivity index (χ1n) is 5.77. The van der Waals surface area contributed by atoms with E-state index in [0.717, 1.165) is 6.42 Å². The Hall–Kier alpha value is -0.910. The lowest BCUT2D eigenvalue weighted by atomic mass is 10.1. The van der Waals surface area contributed by atoms with E-state index in [4.69, 9.17) is 0 Å². The Balaban J connectivity index is 2.41. The summed E-state index contributed by atoms with van der Waals surface area (Å²) in [5, 5.41) is 3.15. The molecule has 2 N–H and O–H groups in total. The molecule has 0 saturated heterocycles. The van der Waals surface area contributed by atoms with E-state index < -0.39 is 10.0 Å². The molecular weight excluding hydrogens is 236 g/mol. The standard InChI is InChI=1S/C12H20N2O2S/c1-3-11-6-4-5-7-12(11)10-14-8-9-17(15,16)13-2/h4-7,13-14H,3,8-10H2,1-2H3. The molecule has 1 aromatic carbocycles. The third-order valence-corrected chi connectivity index (χ3v) is 4.04. The lowest BCUT2D eigenvalue weighted by molar-refractivity contribution is 0.583. The van der Waals surface area contributed by atoms with E-state index in [9.17, 15) is 8.42 Å². The minimum absolute atomic E-state index is 0.109. The molecule has 0 bridgehead atoms. The van der Waals surface area contributed by atoms with Gasteiger partial charge in [-0.3, -0.25) is 0 Å². The largest absolute Gasteiger partial charge is 0.312 e. The molecule has 0 saturated carbocycles. The summed E-state index contributed by atoms with van der Waals surface area (Å²) >= 11 is 0. The zero-order chi connectivity index (χ0) is 12.7. The first-order chi connectivity index (χ1) is 8.09. The quantitative estimate of drug-likeness (QED) is 0.712. The Morgan fingerprint density at radius 2 is 1.82 bits per heavy atom. The lowest BCUT2D eigenvalue weighted by Gasteiger charge is -2.09. The van der Waals surface area contributed by atoms with Crippen molar-refractivity contribution in [2.24, 2.45) is 0 Å². The second kappa shape index (κ2) is 6.74. The second-order valence-electron chi connectivity index (χ2n) is 3.82. The molecule has 96 valence electrons. The van der Waals surface area contributed by atoms with Crippen LogP contribution < -0.4 is 10.0 Å². The lowest BCUT2D eigenvalue weighted by Crippen LogP contribution is -2.29. The Bertz CT molecular complexity index is 444. The molecule has 0 radical (unpaired) electrons. The summed E-state index contributed by atoms with van der Waals surface area (Å²) in [5.41, 5.74) is 2.54. The number of benzene rings is 1. The van der Waals surface area contributed by atoms with Crippen molar-refractivity contribution in [1.82, 2.24) is 10.0 Å². The van der Waals surface area contributed by atoms with Gasteiger partial charge in [0.15, 0.2) is 0 Å². The molecule has 0 aliphatic heterocycles. The SMILES string of the molecule is CCc1ccccc1CNCCS(=O)(=O)NC. The fourth-order valence-corrected chi connectivity index (χ4v) is 2.22. The molecule has 0 aliphatic rings. The Morgan fingerprint density at radius 3 is 2.41 bits per heavy atom. The minimum Gasteiger partial charge on any atom is -0.312 e. The number of nitrogens with one attached hydrogen (secondary N) is 2. The van der Waals surface area contributed by atoms with Crippen LogP contribution in [-0.4, -0.2) is 27.8 Å². The highest BCUT2D eigenvalue weighted by molar-refractivity contribution is 7.89. The molecule has 4 nitrogen and oxygen atoms in total. The number of sulfonamides is 1. The molecule has 1 rings (SSSR count). The van der Waals surface area contributed by atoms with Gasteiger partial charge in [0.1, 0.15) is 0 Å². The van der Waals surface area contributed by atoms with Crippen LogP contribution in [0.5, 0.6) is 0 Å². The van der Waals surface area contributed by atoms with E-state index in [0.29, 0.717) is 13.1 Å². The highest BCUT2D eigenvalue weighted by atomic mass is 32.2. The molecule has 17 heavy (non-hydrogen) atoms. The molecule has 1 aromatic rings. The Morgan fingerprint density at radius 1 is 1.18 bits per heavy atom. The zero-order valence-electron chi connectivity index (χ0n) is 10.4. The molecule has 0 unspecified atom stereocenters. The molecule has 0 heterocycles. The van der Waals surface area contributed by atoms with Crippen LogP contribution in [0.15, 0.2) is 24.3 Å². The molecule has 0 spiro atoms. The molecule has 5 heteroatoms. The van der Waals surface area contributed by atoms with Crippen molar-refractivity contribution in [2.45, 2.75) is 19.9 Å². The Labute approximate surface area is 103 Å². The smallest absolute Gasteiger partial charge is 0.212 e. The maximum atomic E-state index is 11.2. The molecule has 0 amide bonds. The van der Waals surface area contributed by atoms with E-state index in [2.05, 4.69) is 29.1 Å². The summed E-state index contributed by atoms with van der Waals surface area (Å²) in [6, 6.07) is 8.19.